The highest BCUT2D eigenvalue weighted by atomic mass is 35.5. The van der Waals surface area contributed by atoms with Crippen LogP contribution in [0.3, 0.4) is 0 Å². The van der Waals surface area contributed by atoms with Gasteiger partial charge in [0.25, 0.3) is 0 Å². The number of rotatable bonds is 4. The summed E-state index contributed by atoms with van der Waals surface area (Å²) in [5.41, 5.74) is 7.79. The van der Waals surface area contributed by atoms with Crippen LogP contribution in [0.15, 0.2) is 78.9 Å². The van der Waals surface area contributed by atoms with E-state index in [1.165, 1.54) is 5.56 Å². The summed E-state index contributed by atoms with van der Waals surface area (Å²) in [6.07, 6.45) is 2.14. The third-order valence-corrected chi connectivity index (χ3v) is 6.27. The van der Waals surface area contributed by atoms with E-state index < -0.39 is 11.6 Å². The van der Waals surface area contributed by atoms with Gasteiger partial charge in [-0.2, -0.15) is 0 Å². The van der Waals surface area contributed by atoms with Crippen LogP contribution in [0.25, 0.3) is 28.1 Å². The van der Waals surface area contributed by atoms with Crippen LogP contribution in [0.2, 0.25) is 5.02 Å². The second kappa shape index (κ2) is 8.23. The van der Waals surface area contributed by atoms with E-state index in [0.29, 0.717) is 10.8 Å². The molecule has 2 heterocycles. The highest BCUT2D eigenvalue weighted by Crippen LogP contribution is 2.45. The van der Waals surface area contributed by atoms with Crippen LogP contribution in [0.4, 0.5) is 0 Å². The van der Waals surface area contributed by atoms with E-state index in [1.807, 2.05) is 32.0 Å². The van der Waals surface area contributed by atoms with E-state index >= 15 is 0 Å². The molecule has 0 amide bonds. The first-order valence-corrected chi connectivity index (χ1v) is 11.4. The summed E-state index contributed by atoms with van der Waals surface area (Å²) in [7, 11) is 0. The number of nitrogens with one attached hydrogen (secondary N) is 1. The van der Waals surface area contributed by atoms with Gasteiger partial charge in [-0.05, 0) is 79.9 Å². The summed E-state index contributed by atoms with van der Waals surface area (Å²) in [5, 5.41) is 9.69. The Kier molecular flexibility index (Phi) is 5.34. The first kappa shape index (κ1) is 22.1. The van der Waals surface area contributed by atoms with Crippen LogP contribution in [0, 0.1) is 6.92 Å². The SMILES string of the molecule is Cc1ccc(C2=CC(C)(C)Oc3c(Cl)cc(-c4ccc(-c5ccc(C(=O)O)cc5)[nH]4)cc32)cc1. The number of aromatic carboxylic acids is 1. The fourth-order valence-corrected chi connectivity index (χ4v) is 4.52. The van der Waals surface area contributed by atoms with Gasteiger partial charge >= 0.3 is 5.97 Å². The minimum absolute atomic E-state index is 0.260. The molecule has 1 aliphatic rings. The van der Waals surface area contributed by atoms with E-state index in [2.05, 4.69) is 48.3 Å². The number of halogens is 1. The molecule has 1 aromatic heterocycles. The smallest absolute Gasteiger partial charge is 0.335 e. The fourth-order valence-electron chi connectivity index (χ4n) is 4.27. The molecular formula is C29H24ClNO3. The largest absolute Gasteiger partial charge is 0.482 e. The third-order valence-electron chi connectivity index (χ3n) is 5.99. The van der Waals surface area contributed by atoms with Crippen molar-refractivity contribution in [1.29, 1.82) is 0 Å². The van der Waals surface area contributed by atoms with Crippen molar-refractivity contribution in [3.8, 4) is 28.3 Å². The molecule has 0 aliphatic carbocycles. The van der Waals surface area contributed by atoms with Crippen LogP contribution >= 0.6 is 11.6 Å². The fraction of sp³-hybridized carbons (Fsp3) is 0.138. The maximum atomic E-state index is 11.1. The molecule has 3 aromatic carbocycles. The van der Waals surface area contributed by atoms with Crippen LogP contribution < -0.4 is 4.74 Å². The van der Waals surface area contributed by atoms with Gasteiger partial charge in [0, 0.05) is 22.5 Å². The number of H-pyrrole nitrogens is 1. The van der Waals surface area contributed by atoms with Crippen molar-refractivity contribution in [1.82, 2.24) is 4.98 Å². The zero-order valence-corrected chi connectivity index (χ0v) is 19.9. The molecule has 0 radical (unpaired) electrons. The summed E-state index contributed by atoms with van der Waals surface area (Å²) in [6.45, 7) is 6.13. The van der Waals surface area contributed by atoms with Crippen molar-refractivity contribution in [3.05, 3.63) is 106 Å². The molecule has 0 saturated carbocycles. The Morgan fingerprint density at radius 3 is 2.15 bits per heavy atom. The Morgan fingerprint density at radius 1 is 0.882 bits per heavy atom. The molecule has 34 heavy (non-hydrogen) atoms. The summed E-state index contributed by atoms with van der Waals surface area (Å²) >= 11 is 6.75. The van der Waals surface area contributed by atoms with E-state index in [1.54, 1.807) is 24.3 Å². The number of carboxylic acids is 1. The molecule has 5 rings (SSSR count). The van der Waals surface area contributed by atoms with Gasteiger partial charge in [0.05, 0.1) is 10.6 Å². The summed E-state index contributed by atoms with van der Waals surface area (Å²) in [5.74, 6) is -0.255. The number of carbonyl (C=O) groups is 1. The molecule has 170 valence electrons. The van der Waals surface area contributed by atoms with Gasteiger partial charge in [-0.3, -0.25) is 0 Å². The zero-order valence-electron chi connectivity index (χ0n) is 19.1. The Morgan fingerprint density at radius 2 is 1.50 bits per heavy atom. The van der Waals surface area contributed by atoms with Crippen molar-refractivity contribution < 1.29 is 14.6 Å². The lowest BCUT2D eigenvalue weighted by Gasteiger charge is -2.32. The average Bonchev–Trinajstić information content (AvgIpc) is 3.30. The number of aromatic nitrogens is 1. The second-order valence-corrected chi connectivity index (χ2v) is 9.54. The first-order valence-electron chi connectivity index (χ1n) is 11.1. The highest BCUT2D eigenvalue weighted by molar-refractivity contribution is 6.32. The molecule has 0 saturated heterocycles. The number of carboxylic acid groups (broad SMARTS) is 1. The molecule has 0 atom stereocenters. The minimum Gasteiger partial charge on any atom is -0.482 e. The Bertz CT molecular complexity index is 1430. The van der Waals surface area contributed by atoms with Crippen LogP contribution in [-0.4, -0.2) is 21.7 Å². The summed E-state index contributed by atoms with van der Waals surface area (Å²) in [6, 6.07) is 23.3. The van der Waals surface area contributed by atoms with Crippen LogP contribution in [-0.2, 0) is 0 Å². The van der Waals surface area contributed by atoms with Gasteiger partial charge in [0.15, 0.2) is 0 Å². The maximum Gasteiger partial charge on any atom is 0.335 e. The normalized spacial score (nSPS) is 14.2. The molecule has 0 unspecified atom stereocenters. The predicted octanol–water partition coefficient (Wildman–Crippen LogP) is 7.61. The number of fused-ring (bicyclic) bond motifs is 1. The van der Waals surface area contributed by atoms with Gasteiger partial charge in [-0.25, -0.2) is 4.79 Å². The molecule has 0 fully saturated rings. The molecule has 0 bridgehead atoms. The lowest BCUT2D eigenvalue weighted by Crippen LogP contribution is -2.29. The van der Waals surface area contributed by atoms with Gasteiger partial charge in [-0.1, -0.05) is 53.6 Å². The van der Waals surface area contributed by atoms with Crippen molar-refractivity contribution >= 4 is 23.1 Å². The highest BCUT2D eigenvalue weighted by Gasteiger charge is 2.29. The van der Waals surface area contributed by atoms with Crippen molar-refractivity contribution in [2.24, 2.45) is 0 Å². The molecule has 0 spiro atoms. The Balaban J connectivity index is 1.57. The van der Waals surface area contributed by atoms with Crippen LogP contribution in [0.1, 0.15) is 40.9 Å². The minimum atomic E-state index is -0.940. The van der Waals surface area contributed by atoms with Crippen molar-refractivity contribution in [2.45, 2.75) is 26.4 Å². The average molecular weight is 470 g/mol. The lowest BCUT2D eigenvalue weighted by atomic mass is 9.88. The van der Waals surface area contributed by atoms with Gasteiger partial charge in [0.1, 0.15) is 11.4 Å². The topological polar surface area (TPSA) is 62.3 Å². The van der Waals surface area contributed by atoms with Crippen molar-refractivity contribution in [2.75, 3.05) is 0 Å². The van der Waals surface area contributed by atoms with Crippen LogP contribution in [0.5, 0.6) is 5.75 Å². The quantitative estimate of drug-likeness (QED) is 0.323. The second-order valence-electron chi connectivity index (χ2n) is 9.13. The molecule has 4 nitrogen and oxygen atoms in total. The van der Waals surface area contributed by atoms with Crippen molar-refractivity contribution in [3.63, 3.8) is 0 Å². The van der Waals surface area contributed by atoms with Gasteiger partial charge < -0.3 is 14.8 Å². The number of hydrogen-bond acceptors (Lipinski definition) is 2. The number of benzene rings is 3. The zero-order chi connectivity index (χ0) is 24.0. The Hall–Kier alpha value is -3.76. The predicted molar refractivity (Wildman–Crippen MR) is 137 cm³/mol. The summed E-state index contributed by atoms with van der Waals surface area (Å²) in [4.78, 5) is 14.6. The number of hydrogen-bond donors (Lipinski definition) is 2. The number of aromatic amines is 1. The molecule has 5 heteroatoms. The molecule has 4 aromatic rings. The number of ether oxygens (including phenoxy) is 1. The van der Waals surface area contributed by atoms with E-state index in [-0.39, 0.29) is 5.56 Å². The van der Waals surface area contributed by atoms with E-state index in [4.69, 9.17) is 21.4 Å². The van der Waals surface area contributed by atoms with Gasteiger partial charge in [0.2, 0.25) is 0 Å². The maximum absolute atomic E-state index is 11.1. The molecule has 2 N–H and O–H groups in total. The van der Waals surface area contributed by atoms with E-state index in [9.17, 15) is 4.79 Å². The number of aryl methyl sites for hydroxylation is 1. The first-order chi connectivity index (χ1) is 16.2. The lowest BCUT2D eigenvalue weighted by molar-refractivity contribution is 0.0697. The Labute approximate surface area is 203 Å². The summed E-state index contributed by atoms with van der Waals surface area (Å²) < 4.78 is 6.25. The van der Waals surface area contributed by atoms with E-state index in [0.717, 1.165) is 39.2 Å². The van der Waals surface area contributed by atoms with Gasteiger partial charge in [-0.15, -0.1) is 0 Å². The molecule has 1 aliphatic heterocycles. The molecular weight excluding hydrogens is 446 g/mol. The third kappa shape index (κ3) is 4.13. The standard InChI is InChI=1S/C29H24ClNO3/c1-17-4-6-18(7-5-17)23-16-29(2,3)34-27-22(23)14-21(15-24(27)30)26-13-12-25(31-26)19-8-10-20(11-9-19)28(32)33/h4-16,31H,1-3H3,(H,32,33). The monoisotopic (exact) mass is 469 g/mol.